The number of aromatic nitrogens is 2. The van der Waals surface area contributed by atoms with Gasteiger partial charge in [-0.05, 0) is 32.9 Å². The Morgan fingerprint density at radius 2 is 2.20 bits per heavy atom. The van der Waals surface area contributed by atoms with Crippen LogP contribution in [0.4, 0.5) is 4.79 Å². The molecule has 20 heavy (non-hydrogen) atoms. The smallest absolute Gasteiger partial charge is 0.407 e. The molecule has 0 bridgehead atoms. The summed E-state index contributed by atoms with van der Waals surface area (Å²) in [6.45, 7) is 5.99. The van der Waals surface area contributed by atoms with Crippen LogP contribution in [0.2, 0.25) is 5.02 Å². The molecule has 0 aromatic carbocycles. The Kier molecular flexibility index (Phi) is 4.18. The van der Waals surface area contributed by atoms with E-state index in [1.165, 1.54) is 0 Å². The van der Waals surface area contributed by atoms with E-state index in [0.717, 1.165) is 16.7 Å². The van der Waals surface area contributed by atoms with Crippen molar-refractivity contribution in [3.05, 3.63) is 29.0 Å². The first kappa shape index (κ1) is 14.7. The lowest BCUT2D eigenvalue weighted by atomic mass is 10.2. The van der Waals surface area contributed by atoms with Crippen LogP contribution in [0.3, 0.4) is 0 Å². The number of hydrogen-bond acceptors (Lipinski definition) is 3. The standard InChI is InChI=1S/C14H18ClN3O2/c1-14(2,3)20-13(19)16-5-4-11-7-9-6-10(15)8-17-12(9)18-11/h6-8H,4-5H2,1-3H3,(H,16,19)(H,17,18). The zero-order valence-corrected chi connectivity index (χ0v) is 12.5. The number of H-pyrrole nitrogens is 1. The van der Waals surface area contributed by atoms with Crippen LogP contribution in [0.15, 0.2) is 18.3 Å². The van der Waals surface area contributed by atoms with Crippen molar-refractivity contribution in [2.75, 3.05) is 6.54 Å². The minimum Gasteiger partial charge on any atom is -0.444 e. The van der Waals surface area contributed by atoms with Gasteiger partial charge in [-0.15, -0.1) is 0 Å². The van der Waals surface area contributed by atoms with Crippen molar-refractivity contribution in [1.29, 1.82) is 0 Å². The molecule has 2 aromatic heterocycles. The average Bonchev–Trinajstić information content (AvgIpc) is 2.68. The molecule has 0 aliphatic heterocycles. The topological polar surface area (TPSA) is 67.0 Å². The third-order valence-electron chi connectivity index (χ3n) is 2.56. The summed E-state index contributed by atoms with van der Waals surface area (Å²) < 4.78 is 5.16. The van der Waals surface area contributed by atoms with Gasteiger partial charge in [0.15, 0.2) is 0 Å². The summed E-state index contributed by atoms with van der Waals surface area (Å²) in [6, 6.07) is 3.83. The fourth-order valence-corrected chi connectivity index (χ4v) is 1.96. The Balaban J connectivity index is 1.88. The van der Waals surface area contributed by atoms with Crippen LogP contribution in [0, 0.1) is 0 Å². The van der Waals surface area contributed by atoms with Crippen LogP contribution in [0.5, 0.6) is 0 Å². The van der Waals surface area contributed by atoms with Crippen LogP contribution >= 0.6 is 11.6 Å². The average molecular weight is 296 g/mol. The van der Waals surface area contributed by atoms with Gasteiger partial charge in [-0.2, -0.15) is 0 Å². The summed E-state index contributed by atoms with van der Waals surface area (Å²) in [4.78, 5) is 18.9. The van der Waals surface area contributed by atoms with Crippen molar-refractivity contribution in [1.82, 2.24) is 15.3 Å². The highest BCUT2D eigenvalue weighted by Gasteiger charge is 2.15. The third-order valence-corrected chi connectivity index (χ3v) is 2.76. The van der Waals surface area contributed by atoms with E-state index in [9.17, 15) is 4.79 Å². The molecule has 0 aliphatic rings. The molecule has 5 nitrogen and oxygen atoms in total. The van der Waals surface area contributed by atoms with Gasteiger partial charge < -0.3 is 15.0 Å². The first-order chi connectivity index (χ1) is 9.33. The molecule has 0 atom stereocenters. The van der Waals surface area contributed by atoms with E-state index in [0.29, 0.717) is 18.0 Å². The molecule has 2 rings (SSSR count). The number of pyridine rings is 1. The molecule has 2 aromatic rings. The number of alkyl carbamates (subject to hydrolysis) is 1. The summed E-state index contributed by atoms with van der Waals surface area (Å²) >= 11 is 5.89. The number of amides is 1. The first-order valence-electron chi connectivity index (χ1n) is 6.43. The quantitative estimate of drug-likeness (QED) is 0.913. The third kappa shape index (κ3) is 4.13. The normalized spacial score (nSPS) is 11.6. The van der Waals surface area contributed by atoms with Gasteiger partial charge in [-0.25, -0.2) is 9.78 Å². The SMILES string of the molecule is CC(C)(C)OC(=O)NCCc1cc2cc(Cl)cnc2[nH]1. The second-order valence-corrected chi connectivity index (χ2v) is 6.00. The number of carbonyl (C=O) groups excluding carboxylic acids is 1. The Morgan fingerprint density at radius 1 is 1.45 bits per heavy atom. The summed E-state index contributed by atoms with van der Waals surface area (Å²) in [5.41, 5.74) is 1.30. The molecule has 2 heterocycles. The maximum absolute atomic E-state index is 11.5. The fourth-order valence-electron chi connectivity index (χ4n) is 1.79. The number of nitrogens with one attached hydrogen (secondary N) is 2. The summed E-state index contributed by atoms with van der Waals surface area (Å²) in [7, 11) is 0. The summed E-state index contributed by atoms with van der Waals surface area (Å²) in [5, 5.41) is 4.28. The zero-order chi connectivity index (χ0) is 14.8. The molecule has 6 heteroatoms. The van der Waals surface area contributed by atoms with Crippen molar-refractivity contribution >= 4 is 28.7 Å². The molecule has 0 unspecified atom stereocenters. The molecule has 0 aliphatic carbocycles. The van der Waals surface area contributed by atoms with Gasteiger partial charge in [0, 0.05) is 30.2 Å². The molecule has 2 N–H and O–H groups in total. The van der Waals surface area contributed by atoms with Gasteiger partial charge >= 0.3 is 6.09 Å². The van der Waals surface area contributed by atoms with Crippen molar-refractivity contribution in [2.24, 2.45) is 0 Å². The van der Waals surface area contributed by atoms with E-state index in [4.69, 9.17) is 16.3 Å². The molecular weight excluding hydrogens is 278 g/mol. The Morgan fingerprint density at radius 3 is 2.90 bits per heavy atom. The number of ether oxygens (including phenoxy) is 1. The van der Waals surface area contributed by atoms with Crippen LogP contribution < -0.4 is 5.32 Å². The zero-order valence-electron chi connectivity index (χ0n) is 11.8. The highest BCUT2D eigenvalue weighted by atomic mass is 35.5. The number of nitrogens with zero attached hydrogens (tertiary/aromatic N) is 1. The van der Waals surface area contributed by atoms with Crippen molar-refractivity contribution in [3.63, 3.8) is 0 Å². The van der Waals surface area contributed by atoms with Crippen molar-refractivity contribution < 1.29 is 9.53 Å². The maximum atomic E-state index is 11.5. The van der Waals surface area contributed by atoms with Crippen LogP contribution in [-0.4, -0.2) is 28.2 Å². The minimum absolute atomic E-state index is 0.408. The molecule has 0 saturated carbocycles. The highest BCUT2D eigenvalue weighted by molar-refractivity contribution is 6.31. The molecular formula is C14H18ClN3O2. The predicted molar refractivity (Wildman–Crippen MR) is 79.0 cm³/mol. The molecule has 1 amide bonds. The lowest BCUT2D eigenvalue weighted by molar-refractivity contribution is 0.0528. The molecule has 0 saturated heterocycles. The Hall–Kier alpha value is -1.75. The van der Waals surface area contributed by atoms with E-state index in [2.05, 4.69) is 15.3 Å². The van der Waals surface area contributed by atoms with E-state index in [1.54, 1.807) is 6.20 Å². The number of hydrogen-bond donors (Lipinski definition) is 2. The van der Waals surface area contributed by atoms with E-state index in [1.807, 2.05) is 32.9 Å². The van der Waals surface area contributed by atoms with Crippen molar-refractivity contribution in [2.45, 2.75) is 32.8 Å². The van der Waals surface area contributed by atoms with E-state index in [-0.39, 0.29) is 0 Å². The molecule has 0 spiro atoms. The number of fused-ring (bicyclic) bond motifs is 1. The first-order valence-corrected chi connectivity index (χ1v) is 6.81. The van der Waals surface area contributed by atoms with Crippen LogP contribution in [0.25, 0.3) is 11.0 Å². The largest absolute Gasteiger partial charge is 0.444 e. The summed E-state index contributed by atoms with van der Waals surface area (Å²) in [5.74, 6) is 0. The number of aromatic amines is 1. The second-order valence-electron chi connectivity index (χ2n) is 5.56. The monoisotopic (exact) mass is 295 g/mol. The highest BCUT2D eigenvalue weighted by Crippen LogP contribution is 2.17. The molecule has 0 radical (unpaired) electrons. The van der Waals surface area contributed by atoms with E-state index < -0.39 is 11.7 Å². The van der Waals surface area contributed by atoms with Gasteiger partial charge in [0.1, 0.15) is 11.2 Å². The lowest BCUT2D eigenvalue weighted by Crippen LogP contribution is -2.33. The van der Waals surface area contributed by atoms with Gasteiger partial charge in [-0.3, -0.25) is 0 Å². The van der Waals surface area contributed by atoms with E-state index >= 15 is 0 Å². The maximum Gasteiger partial charge on any atom is 0.407 e. The summed E-state index contributed by atoms with van der Waals surface area (Å²) in [6.07, 6.45) is 1.87. The Bertz CT molecular complexity index is 616. The number of rotatable bonds is 3. The van der Waals surface area contributed by atoms with Gasteiger partial charge in [0.2, 0.25) is 0 Å². The van der Waals surface area contributed by atoms with Gasteiger partial charge in [0.05, 0.1) is 5.02 Å². The van der Waals surface area contributed by atoms with Crippen LogP contribution in [0.1, 0.15) is 26.5 Å². The minimum atomic E-state index is -0.480. The van der Waals surface area contributed by atoms with Crippen molar-refractivity contribution in [3.8, 4) is 0 Å². The van der Waals surface area contributed by atoms with Crippen LogP contribution in [-0.2, 0) is 11.2 Å². The van der Waals surface area contributed by atoms with Gasteiger partial charge in [-0.1, -0.05) is 11.6 Å². The Labute approximate surface area is 122 Å². The molecule has 0 fully saturated rings. The number of halogens is 1. The fraction of sp³-hybridized carbons (Fsp3) is 0.429. The number of carbonyl (C=O) groups is 1. The van der Waals surface area contributed by atoms with Gasteiger partial charge in [0.25, 0.3) is 0 Å². The predicted octanol–water partition coefficient (Wildman–Crippen LogP) is 3.28. The lowest BCUT2D eigenvalue weighted by Gasteiger charge is -2.19. The second kappa shape index (κ2) is 5.71. The molecule has 108 valence electrons.